The number of ether oxygens (including phenoxy) is 9. The zero-order valence-electron chi connectivity index (χ0n) is 70.0. The number of benzene rings is 4. The quantitative estimate of drug-likeness (QED) is 0.0122. The Morgan fingerprint density at radius 3 is 0.932 bits per heavy atom. The molecule has 0 radical (unpaired) electrons. The van der Waals surface area contributed by atoms with Gasteiger partial charge in [-0.2, -0.15) is 0 Å². The average molecular weight is 1630 g/mol. The van der Waals surface area contributed by atoms with Crippen molar-refractivity contribution in [3.05, 3.63) is 241 Å². The molecule has 0 saturated heterocycles. The summed E-state index contributed by atoms with van der Waals surface area (Å²) in [6, 6.07) is 23.3. The van der Waals surface area contributed by atoms with Crippen molar-refractivity contribution in [2.75, 3.05) is 26.3 Å². The summed E-state index contributed by atoms with van der Waals surface area (Å²) in [7, 11) is 0. The number of hydrogen-bond donors (Lipinski definition) is 3. The van der Waals surface area contributed by atoms with E-state index < -0.39 is 100 Å². The van der Waals surface area contributed by atoms with Crippen LogP contribution < -0.4 is 29.6 Å². The van der Waals surface area contributed by atoms with Gasteiger partial charge in [0.2, 0.25) is 0 Å². The predicted octanol–water partition coefficient (Wildman–Crippen LogP) is 18.1. The number of carboxylic acids is 1. The van der Waals surface area contributed by atoms with Crippen LogP contribution in [0, 0.1) is 10.8 Å². The molecule has 118 heavy (non-hydrogen) atoms. The number of unbranched alkanes of at least 4 members (excludes halogenated alkanes) is 2. The summed E-state index contributed by atoms with van der Waals surface area (Å²) in [5.74, 6) is -9.88. The third-order valence-electron chi connectivity index (χ3n) is 16.4. The Morgan fingerprint density at radius 1 is 0.356 bits per heavy atom. The van der Waals surface area contributed by atoms with Crippen LogP contribution in [0.5, 0.6) is 23.0 Å². The van der Waals surface area contributed by atoms with Crippen molar-refractivity contribution in [2.24, 2.45) is 10.8 Å². The molecule has 4 rings (SSSR count). The second-order valence-electron chi connectivity index (χ2n) is 29.1. The van der Waals surface area contributed by atoms with Gasteiger partial charge in [0.25, 0.3) is 11.8 Å². The van der Waals surface area contributed by atoms with Gasteiger partial charge < -0.3 is 58.4 Å². The monoisotopic (exact) mass is 1630 g/mol. The van der Waals surface area contributed by atoms with Gasteiger partial charge in [0.05, 0.1) is 12.8 Å². The van der Waals surface area contributed by atoms with Crippen molar-refractivity contribution in [3.63, 3.8) is 0 Å². The number of carboxylic acid groups (broad SMARTS) is 1. The highest BCUT2D eigenvalue weighted by molar-refractivity contribution is 6.00. The molecule has 0 spiro atoms. The van der Waals surface area contributed by atoms with Crippen LogP contribution in [0.15, 0.2) is 219 Å². The number of hydrogen-bond acceptors (Lipinski definition) is 21. The summed E-state index contributed by atoms with van der Waals surface area (Å²) in [5.41, 5.74) is -3.80. The highest BCUT2D eigenvalue weighted by atomic mass is 16.6. The summed E-state index contributed by atoms with van der Waals surface area (Å²) in [6.45, 7) is 17.1. The SMILES string of the molecule is CC/C=C\C/C=C\C/C=C\C/C=C\C/C=C\CCCC(=O)OCC(C)(C)[C@@H](OC(=O)c1ccccc1OC(=O)c1ccccc1OC(C)=O)C(=O)NCCC(=O)O.CC/C=C\C/C=C\C/C=C\C/C=C\C/C=C\CCCC(=O)OCC(C)(C)[C@@H](OC(=O)c1ccccc1OC(=O)c1ccccc1OC(C)=O)C(=O)NCCC(=O)OC(C)(C)C. The Hall–Kier alpha value is -12.1. The molecule has 24 nitrogen and oxygen atoms in total. The normalized spacial score (nSPS) is 12.5. The molecule has 4 aromatic rings. The molecule has 0 bridgehead atoms. The Morgan fingerprint density at radius 2 is 0.636 bits per heavy atom. The van der Waals surface area contributed by atoms with Gasteiger partial charge in [-0.1, -0.05) is 212 Å². The van der Waals surface area contributed by atoms with E-state index in [1.807, 2.05) is 24.3 Å². The van der Waals surface area contributed by atoms with Crippen molar-refractivity contribution < 1.29 is 105 Å². The standard InChI is InChI=1S/C49H63NO11.C45H55NO11/c1-8-9-10-11-12-13-14-15-16-17-18-19-20-21-22-23-24-33-42(52)57-36-49(6,7)44(45(54)50-35-34-43(53)61-48(3,4)5)60-47(56)39-30-26-28-32-41(39)59-46(55)38-29-25-27-31-40(38)58-37(2)51;1-5-6-7-8-9-10-11-12-13-14-15-16-17-18-19-20-21-30-40(50)54-33-45(3,4)41(42(51)46-32-31-39(48)49)57-44(53)36-27-23-25-29-38(36)56-43(52)35-26-22-24-28-37(35)55-34(2)47/h9-10,12-13,15-16,18-19,21-22,25-32,44H,8,11,14,17,20,23-24,33-36H2,1-7H3,(H,50,54);6-7,9-10,12-13,15-16,18-19,22-29,41H,5,8,11,14,17,20-21,30-33H2,1-4H3,(H,46,51)(H,48,49)/b10-9-,13-12-,16-15-,19-18-,22-21-;7-6-,10-9-,13-12-,16-15-,19-18-/t44-;41-/m00/s1. The lowest BCUT2D eigenvalue weighted by Gasteiger charge is -2.32. The van der Waals surface area contributed by atoms with Crippen molar-refractivity contribution >= 4 is 71.5 Å². The first-order valence-corrected chi connectivity index (χ1v) is 39.8. The molecular weight excluding hydrogens is 1510 g/mol. The first-order valence-electron chi connectivity index (χ1n) is 39.8. The molecule has 636 valence electrons. The number of para-hydroxylation sites is 4. The van der Waals surface area contributed by atoms with Gasteiger partial charge >= 0.3 is 59.7 Å². The van der Waals surface area contributed by atoms with Gasteiger partial charge in [-0.05, 0) is 159 Å². The molecule has 0 saturated carbocycles. The van der Waals surface area contributed by atoms with E-state index in [2.05, 4.69) is 122 Å². The van der Waals surface area contributed by atoms with Gasteiger partial charge in [0, 0.05) is 50.6 Å². The Labute approximate surface area is 694 Å². The summed E-state index contributed by atoms with van der Waals surface area (Å²) < 4.78 is 49.2. The molecule has 0 fully saturated rings. The van der Waals surface area contributed by atoms with Crippen LogP contribution in [0.3, 0.4) is 0 Å². The topological polar surface area (TPSA) is 332 Å². The maximum absolute atomic E-state index is 13.8. The van der Waals surface area contributed by atoms with E-state index in [9.17, 15) is 57.5 Å². The maximum Gasteiger partial charge on any atom is 0.347 e. The van der Waals surface area contributed by atoms with E-state index >= 15 is 0 Å². The number of esters is 9. The minimum atomic E-state index is -1.55. The van der Waals surface area contributed by atoms with Crippen LogP contribution in [0.25, 0.3) is 0 Å². The number of carbonyl (C=O) groups excluding carboxylic acids is 11. The van der Waals surface area contributed by atoms with E-state index in [0.29, 0.717) is 25.7 Å². The molecule has 0 aromatic heterocycles. The van der Waals surface area contributed by atoms with Crippen LogP contribution in [-0.2, 0) is 62.0 Å². The minimum absolute atomic E-state index is 0.0337. The largest absolute Gasteiger partial charge is 0.481 e. The zero-order valence-corrected chi connectivity index (χ0v) is 70.0. The van der Waals surface area contributed by atoms with Gasteiger partial charge in [-0.25, -0.2) is 19.2 Å². The number of aliphatic carboxylic acids is 1. The number of rotatable bonds is 50. The summed E-state index contributed by atoms with van der Waals surface area (Å²) in [4.78, 5) is 153. The van der Waals surface area contributed by atoms with Gasteiger partial charge in [-0.3, -0.25) is 38.4 Å². The molecule has 3 N–H and O–H groups in total. The first kappa shape index (κ1) is 100. The molecule has 2 atom stereocenters. The molecule has 24 heteroatoms. The lowest BCUT2D eigenvalue weighted by molar-refractivity contribution is -0.156. The summed E-state index contributed by atoms with van der Waals surface area (Å²) >= 11 is 0. The molecule has 2 amide bonds. The molecule has 0 aliphatic carbocycles. The van der Waals surface area contributed by atoms with Crippen molar-refractivity contribution in [1.29, 1.82) is 0 Å². The minimum Gasteiger partial charge on any atom is -0.481 e. The highest BCUT2D eigenvalue weighted by Gasteiger charge is 2.42. The van der Waals surface area contributed by atoms with Crippen LogP contribution in [0.1, 0.15) is 233 Å². The van der Waals surface area contributed by atoms with E-state index in [1.165, 1.54) is 86.6 Å². The molecule has 0 heterocycles. The molecule has 0 unspecified atom stereocenters. The zero-order chi connectivity index (χ0) is 87.0. The fourth-order valence-corrected chi connectivity index (χ4v) is 10.4. The third kappa shape index (κ3) is 43.6. The first-order chi connectivity index (χ1) is 56.4. The molecule has 0 aliphatic rings. The number of carbonyl (C=O) groups is 12. The van der Waals surface area contributed by atoms with Crippen LogP contribution >= 0.6 is 0 Å². The Balaban J connectivity index is 0.000000612. The maximum atomic E-state index is 13.8. The van der Waals surface area contributed by atoms with Crippen molar-refractivity contribution in [1.82, 2.24) is 10.6 Å². The van der Waals surface area contributed by atoms with Crippen molar-refractivity contribution in [2.45, 2.75) is 210 Å². The van der Waals surface area contributed by atoms with E-state index in [-0.39, 0.29) is 97.2 Å². The predicted molar refractivity (Wildman–Crippen MR) is 452 cm³/mol. The second-order valence-corrected chi connectivity index (χ2v) is 29.1. The lowest BCUT2D eigenvalue weighted by atomic mass is 9.86. The Bertz CT molecular complexity index is 4210. The number of nitrogens with one attached hydrogen (secondary N) is 2. The number of amides is 2. The highest BCUT2D eigenvalue weighted by Crippen LogP contribution is 2.32. The van der Waals surface area contributed by atoms with Crippen LogP contribution in [-0.4, -0.2) is 121 Å². The van der Waals surface area contributed by atoms with Crippen LogP contribution in [0.2, 0.25) is 0 Å². The second kappa shape index (κ2) is 57.1. The van der Waals surface area contributed by atoms with E-state index in [1.54, 1.807) is 72.7 Å². The fraction of sp³-hybridized carbons (Fsp3) is 0.404. The number of allylic oxidation sites excluding steroid dienone is 20. The van der Waals surface area contributed by atoms with Gasteiger partial charge in [-0.15, -0.1) is 0 Å². The summed E-state index contributed by atoms with van der Waals surface area (Å²) in [6.07, 6.45) is 50.6. The third-order valence-corrected chi connectivity index (χ3v) is 16.4. The van der Waals surface area contributed by atoms with E-state index in [0.717, 1.165) is 64.2 Å². The molecular formula is C94H118N2O22. The average Bonchev–Trinajstić information content (AvgIpc) is 0.815. The van der Waals surface area contributed by atoms with Gasteiger partial charge in [0.1, 0.15) is 64.1 Å². The van der Waals surface area contributed by atoms with Gasteiger partial charge in [0.15, 0.2) is 12.2 Å². The van der Waals surface area contributed by atoms with Crippen LogP contribution in [0.4, 0.5) is 0 Å². The van der Waals surface area contributed by atoms with E-state index in [4.69, 9.17) is 47.7 Å². The smallest absolute Gasteiger partial charge is 0.347 e. The molecule has 4 aromatic carbocycles. The fourth-order valence-electron chi connectivity index (χ4n) is 10.4. The summed E-state index contributed by atoms with van der Waals surface area (Å²) in [5, 5.41) is 14.1. The Kier molecular flexibility index (Phi) is 48.4. The molecule has 0 aliphatic heterocycles. The van der Waals surface area contributed by atoms with Crippen molar-refractivity contribution in [3.8, 4) is 23.0 Å². The lowest BCUT2D eigenvalue weighted by Crippen LogP contribution is -2.49.